The van der Waals surface area contributed by atoms with Crippen LogP contribution in [0, 0.1) is 0 Å². The molecule has 0 aliphatic carbocycles. The van der Waals surface area contributed by atoms with Crippen molar-refractivity contribution in [2.45, 2.75) is 42.6 Å². The minimum atomic E-state index is -0.468. The number of aliphatic hydroxyl groups excluding tert-OH is 1. The van der Waals surface area contributed by atoms with Gasteiger partial charge in [-0.3, -0.25) is 0 Å². The Bertz CT molecular complexity index is 576. The van der Waals surface area contributed by atoms with Gasteiger partial charge in [0.2, 0.25) is 0 Å². The molecule has 0 saturated heterocycles. The van der Waals surface area contributed by atoms with E-state index in [2.05, 4.69) is 54.0 Å². The molecule has 0 bridgehead atoms. The molecule has 2 rings (SSSR count). The SMILES string of the molecule is CC(C)c1ccc(Sc2ccc(Br)cc2C(C)O)cc1. The molecule has 0 fully saturated rings. The lowest BCUT2D eigenvalue weighted by atomic mass is 10.0. The van der Waals surface area contributed by atoms with Crippen LogP contribution < -0.4 is 0 Å². The second-order valence-corrected chi connectivity index (χ2v) is 7.21. The average molecular weight is 351 g/mol. The molecular formula is C17H19BrOS. The van der Waals surface area contributed by atoms with Gasteiger partial charge in [0.25, 0.3) is 0 Å². The maximum Gasteiger partial charge on any atom is 0.0773 e. The Morgan fingerprint density at radius 2 is 1.65 bits per heavy atom. The van der Waals surface area contributed by atoms with Gasteiger partial charge in [-0.1, -0.05) is 53.7 Å². The molecule has 1 nitrogen and oxygen atoms in total. The summed E-state index contributed by atoms with van der Waals surface area (Å²) in [5, 5.41) is 9.89. The first-order valence-electron chi connectivity index (χ1n) is 6.72. The van der Waals surface area contributed by atoms with Gasteiger partial charge in [0.15, 0.2) is 0 Å². The summed E-state index contributed by atoms with van der Waals surface area (Å²) >= 11 is 5.15. The van der Waals surface area contributed by atoms with Crippen molar-refractivity contribution < 1.29 is 5.11 Å². The van der Waals surface area contributed by atoms with Crippen molar-refractivity contribution in [1.29, 1.82) is 0 Å². The molecule has 0 aliphatic heterocycles. The fraction of sp³-hybridized carbons (Fsp3) is 0.294. The first-order valence-corrected chi connectivity index (χ1v) is 8.33. The number of aliphatic hydroxyl groups is 1. The summed E-state index contributed by atoms with van der Waals surface area (Å²) in [4.78, 5) is 2.29. The molecule has 0 amide bonds. The Kier molecular flexibility index (Phi) is 5.30. The Morgan fingerprint density at radius 1 is 1.00 bits per heavy atom. The fourth-order valence-electron chi connectivity index (χ4n) is 1.99. The van der Waals surface area contributed by atoms with E-state index in [1.807, 2.05) is 18.2 Å². The van der Waals surface area contributed by atoms with E-state index in [4.69, 9.17) is 0 Å². The molecule has 0 aromatic heterocycles. The van der Waals surface area contributed by atoms with Crippen LogP contribution in [-0.4, -0.2) is 5.11 Å². The molecule has 106 valence electrons. The van der Waals surface area contributed by atoms with Gasteiger partial charge in [-0.15, -0.1) is 0 Å². The van der Waals surface area contributed by atoms with Crippen LogP contribution in [0.4, 0.5) is 0 Å². The smallest absolute Gasteiger partial charge is 0.0773 e. The first-order chi connectivity index (χ1) is 9.47. The van der Waals surface area contributed by atoms with Gasteiger partial charge >= 0.3 is 0 Å². The number of benzene rings is 2. The highest BCUT2D eigenvalue weighted by Crippen LogP contribution is 2.35. The summed E-state index contributed by atoms with van der Waals surface area (Å²) in [5.74, 6) is 0.551. The predicted molar refractivity (Wildman–Crippen MR) is 89.4 cm³/mol. The molecule has 20 heavy (non-hydrogen) atoms. The highest BCUT2D eigenvalue weighted by atomic mass is 79.9. The molecular weight excluding hydrogens is 332 g/mol. The zero-order valence-electron chi connectivity index (χ0n) is 11.9. The summed E-state index contributed by atoms with van der Waals surface area (Å²) in [5.41, 5.74) is 2.30. The normalized spacial score (nSPS) is 12.7. The Morgan fingerprint density at radius 3 is 2.20 bits per heavy atom. The molecule has 0 spiro atoms. The van der Waals surface area contributed by atoms with Crippen molar-refractivity contribution >= 4 is 27.7 Å². The molecule has 1 atom stereocenters. The van der Waals surface area contributed by atoms with Crippen LogP contribution in [-0.2, 0) is 0 Å². The van der Waals surface area contributed by atoms with Crippen molar-refractivity contribution in [2.75, 3.05) is 0 Å². The lowest BCUT2D eigenvalue weighted by Gasteiger charge is -2.13. The van der Waals surface area contributed by atoms with E-state index in [0.717, 1.165) is 14.9 Å². The highest BCUT2D eigenvalue weighted by Gasteiger charge is 2.10. The largest absolute Gasteiger partial charge is 0.389 e. The van der Waals surface area contributed by atoms with E-state index in [0.29, 0.717) is 5.92 Å². The molecule has 0 saturated carbocycles. The molecule has 3 heteroatoms. The maximum absolute atomic E-state index is 9.89. The van der Waals surface area contributed by atoms with Crippen LogP contribution in [0.5, 0.6) is 0 Å². The van der Waals surface area contributed by atoms with Crippen molar-refractivity contribution in [3.63, 3.8) is 0 Å². The maximum atomic E-state index is 9.89. The number of rotatable bonds is 4. The van der Waals surface area contributed by atoms with Gasteiger partial charge in [0.05, 0.1) is 6.10 Å². The summed E-state index contributed by atoms with van der Waals surface area (Å²) in [6.45, 7) is 6.19. The van der Waals surface area contributed by atoms with Gasteiger partial charge in [-0.25, -0.2) is 0 Å². The van der Waals surface area contributed by atoms with E-state index in [1.54, 1.807) is 18.7 Å². The molecule has 0 heterocycles. The minimum absolute atomic E-state index is 0.468. The van der Waals surface area contributed by atoms with Gasteiger partial charge in [-0.2, -0.15) is 0 Å². The van der Waals surface area contributed by atoms with Gasteiger partial charge < -0.3 is 5.11 Å². The van der Waals surface area contributed by atoms with E-state index >= 15 is 0 Å². The molecule has 1 unspecified atom stereocenters. The summed E-state index contributed by atoms with van der Waals surface area (Å²) in [6, 6.07) is 14.7. The Labute approximate surface area is 133 Å². The second-order valence-electron chi connectivity index (χ2n) is 5.18. The molecule has 2 aromatic rings. The van der Waals surface area contributed by atoms with Crippen molar-refractivity contribution in [1.82, 2.24) is 0 Å². The molecule has 0 radical (unpaired) electrons. The van der Waals surface area contributed by atoms with E-state index < -0.39 is 6.10 Å². The third-order valence-corrected chi connectivity index (χ3v) is 4.79. The third-order valence-electron chi connectivity index (χ3n) is 3.20. The van der Waals surface area contributed by atoms with Crippen molar-refractivity contribution in [3.8, 4) is 0 Å². The quantitative estimate of drug-likeness (QED) is 0.754. The van der Waals surface area contributed by atoms with Crippen LogP contribution in [0.1, 0.15) is 43.9 Å². The minimum Gasteiger partial charge on any atom is -0.389 e. The second kappa shape index (κ2) is 6.79. The first kappa shape index (κ1) is 15.6. The van der Waals surface area contributed by atoms with Gasteiger partial charge in [0.1, 0.15) is 0 Å². The monoisotopic (exact) mass is 350 g/mol. The fourth-order valence-corrected chi connectivity index (χ4v) is 3.37. The average Bonchev–Trinajstić information content (AvgIpc) is 2.41. The van der Waals surface area contributed by atoms with Crippen LogP contribution in [0.25, 0.3) is 0 Å². The Balaban J connectivity index is 2.25. The van der Waals surface area contributed by atoms with Gasteiger partial charge in [-0.05, 0) is 54.3 Å². The van der Waals surface area contributed by atoms with Crippen LogP contribution in [0.3, 0.4) is 0 Å². The zero-order valence-corrected chi connectivity index (χ0v) is 14.3. The lowest BCUT2D eigenvalue weighted by molar-refractivity contribution is 0.196. The number of hydrogen-bond acceptors (Lipinski definition) is 2. The van der Waals surface area contributed by atoms with E-state index in [1.165, 1.54) is 10.5 Å². The predicted octanol–water partition coefficient (Wildman–Crippen LogP) is 5.78. The number of halogens is 1. The van der Waals surface area contributed by atoms with Crippen LogP contribution in [0.2, 0.25) is 0 Å². The molecule has 2 aromatic carbocycles. The summed E-state index contributed by atoms with van der Waals surface area (Å²) in [6.07, 6.45) is -0.468. The van der Waals surface area contributed by atoms with Crippen molar-refractivity contribution in [2.24, 2.45) is 0 Å². The lowest BCUT2D eigenvalue weighted by Crippen LogP contribution is -1.94. The van der Waals surface area contributed by atoms with E-state index in [9.17, 15) is 5.11 Å². The molecule has 1 N–H and O–H groups in total. The standard InChI is InChI=1S/C17H19BrOS/c1-11(2)13-4-7-15(8-5-13)20-17-9-6-14(18)10-16(17)12(3)19/h4-12,19H,1-3H3. The van der Waals surface area contributed by atoms with Crippen LogP contribution >= 0.6 is 27.7 Å². The summed E-state index contributed by atoms with van der Waals surface area (Å²) in [7, 11) is 0. The zero-order chi connectivity index (χ0) is 14.7. The van der Waals surface area contributed by atoms with E-state index in [-0.39, 0.29) is 0 Å². The highest BCUT2D eigenvalue weighted by molar-refractivity contribution is 9.10. The topological polar surface area (TPSA) is 20.2 Å². The Hall–Kier alpha value is -0.770. The van der Waals surface area contributed by atoms with Gasteiger partial charge in [0, 0.05) is 14.3 Å². The van der Waals surface area contributed by atoms with Crippen LogP contribution in [0.15, 0.2) is 56.7 Å². The summed E-state index contributed by atoms with van der Waals surface area (Å²) < 4.78 is 0.993. The van der Waals surface area contributed by atoms with Crippen molar-refractivity contribution in [3.05, 3.63) is 58.1 Å². The molecule has 0 aliphatic rings. The number of hydrogen-bond donors (Lipinski definition) is 1. The third kappa shape index (κ3) is 3.87.